The van der Waals surface area contributed by atoms with Crippen molar-refractivity contribution in [3.63, 3.8) is 0 Å². The lowest BCUT2D eigenvalue weighted by atomic mass is 10.3. The molecule has 29 heavy (non-hydrogen) atoms. The molecule has 148 valence electrons. The fourth-order valence-electron chi connectivity index (χ4n) is 2.91. The Bertz CT molecular complexity index is 1110. The van der Waals surface area contributed by atoms with E-state index in [1.54, 1.807) is 18.3 Å². The van der Waals surface area contributed by atoms with Crippen LogP contribution in [0.3, 0.4) is 0 Å². The molecule has 0 unspecified atom stereocenters. The van der Waals surface area contributed by atoms with Crippen molar-refractivity contribution in [1.29, 1.82) is 0 Å². The van der Waals surface area contributed by atoms with E-state index in [1.807, 2.05) is 60.0 Å². The number of thiazole rings is 1. The van der Waals surface area contributed by atoms with Crippen molar-refractivity contribution in [3.05, 3.63) is 54.9 Å². The van der Waals surface area contributed by atoms with Crippen LogP contribution in [-0.4, -0.2) is 45.1 Å². The van der Waals surface area contributed by atoms with Crippen LogP contribution in [-0.2, 0) is 4.79 Å². The third kappa shape index (κ3) is 3.96. The zero-order valence-corrected chi connectivity index (χ0v) is 17.6. The summed E-state index contributed by atoms with van der Waals surface area (Å²) in [5.74, 6) is 0.925. The number of carbonyl (C=O) groups is 1. The standard InChI is InChI=1S/C20H19N5O2S2/c1-3-24(19-22-14-8-4-7-11-17(14)29-19)18(26)12-28-20-23-21-13-25(20)15-9-5-6-10-16(15)27-2/h4-11,13H,3,12H2,1-2H3. The van der Waals surface area contributed by atoms with E-state index in [0.29, 0.717) is 22.6 Å². The van der Waals surface area contributed by atoms with E-state index in [1.165, 1.54) is 23.1 Å². The Hall–Kier alpha value is -2.91. The Labute approximate surface area is 176 Å². The molecule has 0 saturated heterocycles. The fraction of sp³-hybridized carbons (Fsp3) is 0.200. The Morgan fingerprint density at radius 1 is 1.21 bits per heavy atom. The van der Waals surface area contributed by atoms with Crippen LogP contribution in [0.5, 0.6) is 5.75 Å². The first kappa shape index (κ1) is 19.4. The van der Waals surface area contributed by atoms with E-state index in [2.05, 4.69) is 15.2 Å². The first-order valence-electron chi connectivity index (χ1n) is 9.03. The molecule has 0 N–H and O–H groups in total. The maximum absolute atomic E-state index is 12.9. The van der Waals surface area contributed by atoms with Gasteiger partial charge in [-0.1, -0.05) is 47.4 Å². The van der Waals surface area contributed by atoms with Crippen molar-refractivity contribution in [1.82, 2.24) is 19.7 Å². The first-order chi connectivity index (χ1) is 14.2. The lowest BCUT2D eigenvalue weighted by Gasteiger charge is -2.17. The molecule has 2 heterocycles. The molecule has 2 aromatic heterocycles. The van der Waals surface area contributed by atoms with Crippen molar-refractivity contribution in [2.45, 2.75) is 12.1 Å². The average Bonchev–Trinajstić information content (AvgIpc) is 3.39. The van der Waals surface area contributed by atoms with Gasteiger partial charge in [0.1, 0.15) is 12.1 Å². The van der Waals surface area contributed by atoms with Gasteiger partial charge in [-0.3, -0.25) is 14.3 Å². The van der Waals surface area contributed by atoms with Gasteiger partial charge >= 0.3 is 0 Å². The van der Waals surface area contributed by atoms with E-state index in [0.717, 1.165) is 15.9 Å². The quantitative estimate of drug-likeness (QED) is 0.416. The van der Waals surface area contributed by atoms with Crippen LogP contribution < -0.4 is 9.64 Å². The number of aromatic nitrogens is 4. The smallest absolute Gasteiger partial charge is 0.239 e. The Morgan fingerprint density at radius 3 is 2.79 bits per heavy atom. The monoisotopic (exact) mass is 425 g/mol. The number of carbonyl (C=O) groups excluding carboxylic acids is 1. The summed E-state index contributed by atoms with van der Waals surface area (Å²) in [4.78, 5) is 19.2. The van der Waals surface area contributed by atoms with E-state index in [4.69, 9.17) is 4.74 Å². The topological polar surface area (TPSA) is 73.1 Å². The van der Waals surface area contributed by atoms with Crippen molar-refractivity contribution < 1.29 is 9.53 Å². The predicted molar refractivity (Wildman–Crippen MR) is 116 cm³/mol. The molecule has 0 aliphatic carbocycles. The molecule has 1 amide bonds. The number of benzene rings is 2. The number of anilines is 1. The number of para-hydroxylation sites is 3. The maximum Gasteiger partial charge on any atom is 0.239 e. The molecule has 0 radical (unpaired) electrons. The molecule has 0 fully saturated rings. The molecule has 7 nitrogen and oxygen atoms in total. The van der Waals surface area contributed by atoms with Crippen LogP contribution >= 0.6 is 23.1 Å². The highest BCUT2D eigenvalue weighted by molar-refractivity contribution is 7.99. The second kappa shape index (κ2) is 8.62. The van der Waals surface area contributed by atoms with E-state index >= 15 is 0 Å². The van der Waals surface area contributed by atoms with Gasteiger partial charge in [0.15, 0.2) is 10.3 Å². The van der Waals surface area contributed by atoms with E-state index < -0.39 is 0 Å². The first-order valence-corrected chi connectivity index (χ1v) is 10.8. The molecule has 4 rings (SSSR count). The molecule has 0 atom stereocenters. The van der Waals surface area contributed by atoms with Crippen molar-refractivity contribution >= 4 is 44.4 Å². The third-order valence-corrected chi connectivity index (χ3v) is 6.30. The number of hydrogen-bond acceptors (Lipinski definition) is 7. The second-order valence-corrected chi connectivity index (χ2v) is 8.00. The minimum absolute atomic E-state index is 0.0221. The minimum atomic E-state index is -0.0221. The van der Waals surface area contributed by atoms with Gasteiger partial charge in [0.05, 0.1) is 28.8 Å². The maximum atomic E-state index is 12.9. The Morgan fingerprint density at radius 2 is 2.00 bits per heavy atom. The van der Waals surface area contributed by atoms with Gasteiger partial charge in [0.2, 0.25) is 5.91 Å². The van der Waals surface area contributed by atoms with Crippen LogP contribution in [0.25, 0.3) is 15.9 Å². The van der Waals surface area contributed by atoms with Crippen LogP contribution in [0.15, 0.2) is 60.0 Å². The van der Waals surface area contributed by atoms with Gasteiger partial charge in [0, 0.05) is 6.54 Å². The van der Waals surface area contributed by atoms with Gasteiger partial charge < -0.3 is 4.74 Å². The normalized spacial score (nSPS) is 11.0. The molecule has 0 aliphatic rings. The van der Waals surface area contributed by atoms with Gasteiger partial charge in [0.25, 0.3) is 0 Å². The number of fused-ring (bicyclic) bond motifs is 1. The Kier molecular flexibility index (Phi) is 5.77. The summed E-state index contributed by atoms with van der Waals surface area (Å²) in [6.07, 6.45) is 1.62. The second-order valence-electron chi connectivity index (χ2n) is 6.05. The van der Waals surface area contributed by atoms with Crippen molar-refractivity contribution in [2.75, 3.05) is 24.3 Å². The summed E-state index contributed by atoms with van der Waals surface area (Å²) in [5, 5.41) is 9.52. The van der Waals surface area contributed by atoms with Crippen molar-refractivity contribution in [3.8, 4) is 11.4 Å². The zero-order chi connectivity index (χ0) is 20.2. The molecule has 2 aromatic carbocycles. The number of rotatable bonds is 7. The summed E-state index contributed by atoms with van der Waals surface area (Å²) in [7, 11) is 1.62. The van der Waals surface area contributed by atoms with Crippen LogP contribution in [0.4, 0.5) is 5.13 Å². The van der Waals surface area contributed by atoms with Gasteiger partial charge in [-0.2, -0.15) is 0 Å². The molecular weight excluding hydrogens is 406 g/mol. The molecule has 0 bridgehead atoms. The number of thioether (sulfide) groups is 1. The molecule has 0 saturated carbocycles. The highest BCUT2D eigenvalue weighted by Gasteiger charge is 2.20. The minimum Gasteiger partial charge on any atom is -0.495 e. The van der Waals surface area contributed by atoms with E-state index in [9.17, 15) is 4.79 Å². The number of amides is 1. The van der Waals surface area contributed by atoms with Crippen LogP contribution in [0, 0.1) is 0 Å². The number of methoxy groups -OCH3 is 1. The Balaban J connectivity index is 1.52. The number of hydrogen-bond donors (Lipinski definition) is 0. The zero-order valence-electron chi connectivity index (χ0n) is 16.0. The van der Waals surface area contributed by atoms with E-state index in [-0.39, 0.29) is 11.7 Å². The highest BCUT2D eigenvalue weighted by Crippen LogP contribution is 2.30. The van der Waals surface area contributed by atoms with Gasteiger partial charge in [-0.15, -0.1) is 10.2 Å². The lowest BCUT2D eigenvalue weighted by Crippen LogP contribution is -2.32. The van der Waals surface area contributed by atoms with Gasteiger partial charge in [-0.25, -0.2) is 4.98 Å². The van der Waals surface area contributed by atoms with Crippen molar-refractivity contribution in [2.24, 2.45) is 0 Å². The number of nitrogens with zero attached hydrogens (tertiary/aromatic N) is 5. The third-order valence-electron chi connectivity index (χ3n) is 4.32. The highest BCUT2D eigenvalue weighted by atomic mass is 32.2. The summed E-state index contributed by atoms with van der Waals surface area (Å²) in [5.41, 5.74) is 1.73. The largest absolute Gasteiger partial charge is 0.495 e. The van der Waals surface area contributed by atoms with Gasteiger partial charge in [-0.05, 0) is 31.2 Å². The lowest BCUT2D eigenvalue weighted by molar-refractivity contribution is -0.116. The fourth-order valence-corrected chi connectivity index (χ4v) is 4.76. The molecule has 0 aliphatic heterocycles. The number of ether oxygens (including phenoxy) is 1. The van der Waals surface area contributed by atoms with Crippen LogP contribution in [0.2, 0.25) is 0 Å². The molecule has 4 aromatic rings. The average molecular weight is 426 g/mol. The molecule has 0 spiro atoms. The predicted octanol–water partition coefficient (Wildman–Crippen LogP) is 4.03. The van der Waals surface area contributed by atoms with Crippen LogP contribution in [0.1, 0.15) is 6.92 Å². The summed E-state index contributed by atoms with van der Waals surface area (Å²) >= 11 is 2.86. The SMILES string of the molecule is CCN(C(=O)CSc1nncn1-c1ccccc1OC)c1nc2ccccc2s1. The molecule has 9 heteroatoms. The summed E-state index contributed by atoms with van der Waals surface area (Å²) in [6.45, 7) is 2.50. The molecular formula is C20H19N5O2S2. The summed E-state index contributed by atoms with van der Waals surface area (Å²) < 4.78 is 8.32. The summed E-state index contributed by atoms with van der Waals surface area (Å²) in [6, 6.07) is 15.5.